The van der Waals surface area contributed by atoms with Gasteiger partial charge in [0.15, 0.2) is 6.29 Å². The zero-order valence-corrected chi connectivity index (χ0v) is 37.5. The Morgan fingerprint density at radius 1 is 1.07 bits per heavy atom. The quantitative estimate of drug-likeness (QED) is 0.116. The molecule has 4 rings (SSSR count). The van der Waals surface area contributed by atoms with Crippen LogP contribution in [-0.4, -0.2) is 130 Å². The molecule has 2 fully saturated rings. The molecule has 61 heavy (non-hydrogen) atoms. The Labute approximate surface area is 358 Å². The highest BCUT2D eigenvalue weighted by atomic mass is 16.7. The molecular weight excluding hydrogens is 792 g/mol. The first-order valence-corrected chi connectivity index (χ1v) is 21.0. The lowest BCUT2D eigenvalue weighted by atomic mass is 9.73. The summed E-state index contributed by atoms with van der Waals surface area (Å²) in [6.07, 6.45) is -5.66. The van der Waals surface area contributed by atoms with Crippen LogP contribution in [0.5, 0.6) is 0 Å². The maximum absolute atomic E-state index is 14.3. The Balaban J connectivity index is 1.90. The lowest BCUT2D eigenvalue weighted by Gasteiger charge is -2.48. The number of likely N-dealkylation sites (N-methyl/N-ethyl adjacent to an activating group) is 1. The van der Waals surface area contributed by atoms with Crippen LogP contribution < -0.4 is 0 Å². The van der Waals surface area contributed by atoms with Crippen molar-refractivity contribution in [3.63, 3.8) is 0 Å². The average molecular weight is 859 g/mol. The van der Waals surface area contributed by atoms with Gasteiger partial charge in [-0.1, -0.05) is 39.8 Å². The Morgan fingerprint density at radius 2 is 1.72 bits per heavy atom. The van der Waals surface area contributed by atoms with Crippen LogP contribution in [0.4, 0.5) is 5.69 Å². The number of aliphatic hydroxyl groups excluding tert-OH is 2. The molecule has 4 unspecified atom stereocenters. The second-order valence-electron chi connectivity index (χ2n) is 17.4. The molecule has 0 saturated carbocycles. The van der Waals surface area contributed by atoms with Crippen LogP contribution in [0, 0.1) is 33.8 Å². The second kappa shape index (κ2) is 20.8. The smallest absolute Gasteiger partial charge is 0.312 e. The van der Waals surface area contributed by atoms with Crippen LogP contribution in [0.25, 0.3) is 0 Å². The fraction of sp³-hybridized carbons (Fsp3) is 0.682. The Hall–Kier alpha value is -4.10. The van der Waals surface area contributed by atoms with E-state index in [2.05, 4.69) is 10.2 Å². The number of nitro groups is 1. The summed E-state index contributed by atoms with van der Waals surface area (Å²) in [5, 5.41) is 56.2. The third-order valence-corrected chi connectivity index (χ3v) is 12.5. The first-order valence-electron chi connectivity index (χ1n) is 21.0. The molecule has 0 spiro atoms. The fourth-order valence-electron chi connectivity index (χ4n) is 8.74. The molecular formula is C44H66N4O13. The molecule has 2 aromatic rings. The van der Waals surface area contributed by atoms with Gasteiger partial charge in [0.25, 0.3) is 5.69 Å². The molecule has 1 aromatic carbocycles. The maximum atomic E-state index is 14.3. The van der Waals surface area contributed by atoms with E-state index in [9.17, 15) is 35.0 Å². The normalized spacial score (nSPS) is 36.6. The van der Waals surface area contributed by atoms with E-state index >= 15 is 0 Å². The minimum atomic E-state index is -1.99. The molecule has 2 saturated heterocycles. The van der Waals surface area contributed by atoms with Crippen molar-refractivity contribution < 1.29 is 57.9 Å². The molecule has 0 amide bonds. The van der Waals surface area contributed by atoms with Gasteiger partial charge in [0.2, 0.25) is 0 Å². The average Bonchev–Trinajstić information content (AvgIpc) is 3.76. The number of nitrogens with zero attached hydrogens (tertiary/aromatic N) is 4. The van der Waals surface area contributed by atoms with Crippen molar-refractivity contribution in [3.05, 3.63) is 64.1 Å². The number of furan rings is 1. The zero-order chi connectivity index (χ0) is 45.6. The number of carbonyl (C=O) groups excluding carboxylic acids is 2. The number of nitro benzene ring substituents is 1. The highest BCUT2D eigenvalue weighted by Crippen LogP contribution is 2.40. The van der Waals surface area contributed by atoms with Crippen LogP contribution in [0.15, 0.2) is 57.3 Å². The fourth-order valence-corrected chi connectivity index (χ4v) is 8.74. The van der Waals surface area contributed by atoms with E-state index in [1.54, 1.807) is 53.7 Å². The van der Waals surface area contributed by atoms with E-state index in [1.165, 1.54) is 44.6 Å². The van der Waals surface area contributed by atoms with E-state index in [0.717, 1.165) is 0 Å². The van der Waals surface area contributed by atoms with E-state index < -0.39 is 88.5 Å². The maximum Gasteiger partial charge on any atom is 0.312 e. The number of rotatable bonds is 11. The lowest BCUT2D eigenvalue weighted by Crippen LogP contribution is -2.60. The first-order chi connectivity index (χ1) is 28.6. The molecule has 2 aliphatic rings. The standard InChI is InChI=1S/C44H66N4O13/c1-13-34-44(9,53)39(51)26(4)36(46-45-29(7)33-15-14-20-57-33)24(2)23-43(8,56-12)40(61-42-37(50)32(47(10)11)21-25(3)58-42)27(5)38(28(6)41(52)59-34)60-35(49)22-30-16-18-31(19-17-30)48(54)55/h14-20,24-28,32,34,37-40,42,50-51,53H,13,21-23H2,1-12H3/b45-29+,46-36+/t24-,25?,26+,27+,28-,32?,34-,37?,38+,39-,40-,42?,43-,44-/m1/s1. The number of ether oxygens (including phenoxy) is 5. The Morgan fingerprint density at radius 3 is 2.28 bits per heavy atom. The van der Waals surface area contributed by atoms with Crippen molar-refractivity contribution in [3.8, 4) is 0 Å². The van der Waals surface area contributed by atoms with Crippen LogP contribution in [0.2, 0.25) is 0 Å². The van der Waals surface area contributed by atoms with Crippen LogP contribution in [0.3, 0.4) is 0 Å². The van der Waals surface area contributed by atoms with E-state index in [-0.39, 0.29) is 37.1 Å². The van der Waals surface area contributed by atoms with Crippen molar-refractivity contribution in [2.24, 2.45) is 33.9 Å². The molecule has 14 atom stereocenters. The van der Waals surface area contributed by atoms with Gasteiger partial charge in [-0.05, 0) is 91.6 Å². The lowest BCUT2D eigenvalue weighted by molar-refractivity contribution is -0.384. The molecule has 2 aliphatic heterocycles. The van der Waals surface area contributed by atoms with Gasteiger partial charge in [-0.25, -0.2) is 0 Å². The van der Waals surface area contributed by atoms with Gasteiger partial charge in [0, 0.05) is 42.8 Å². The minimum Gasteiger partial charge on any atom is -0.463 e. The molecule has 3 N–H and O–H groups in total. The molecule has 1 aromatic heterocycles. The highest BCUT2D eigenvalue weighted by Gasteiger charge is 2.52. The van der Waals surface area contributed by atoms with E-state index in [1.807, 2.05) is 32.8 Å². The summed E-state index contributed by atoms with van der Waals surface area (Å²) in [5.41, 5.74) is -2.16. The Bertz CT molecular complexity index is 1830. The molecule has 340 valence electrons. The van der Waals surface area contributed by atoms with Gasteiger partial charge >= 0.3 is 11.9 Å². The first kappa shape index (κ1) is 49.6. The monoisotopic (exact) mass is 858 g/mol. The van der Waals surface area contributed by atoms with Crippen LogP contribution >= 0.6 is 0 Å². The van der Waals surface area contributed by atoms with E-state index in [0.29, 0.717) is 29.2 Å². The second-order valence-corrected chi connectivity index (χ2v) is 17.4. The van der Waals surface area contributed by atoms with Crippen LogP contribution in [0.1, 0.15) is 92.9 Å². The number of aliphatic hydroxyl groups is 3. The van der Waals surface area contributed by atoms with Crippen LogP contribution in [-0.2, 0) is 39.7 Å². The van der Waals surface area contributed by atoms with Gasteiger partial charge in [0.1, 0.15) is 35.4 Å². The molecule has 17 heteroatoms. The number of carbonyl (C=O) groups is 2. The number of hydrogen-bond acceptors (Lipinski definition) is 16. The number of non-ortho nitro benzene ring substituents is 1. The highest BCUT2D eigenvalue weighted by molar-refractivity contribution is 5.97. The van der Waals surface area contributed by atoms with Crippen molar-refractivity contribution in [1.82, 2.24) is 4.90 Å². The number of benzene rings is 1. The predicted molar refractivity (Wildman–Crippen MR) is 226 cm³/mol. The van der Waals surface area contributed by atoms with Crippen molar-refractivity contribution in [2.45, 2.75) is 148 Å². The van der Waals surface area contributed by atoms with Crippen molar-refractivity contribution in [1.29, 1.82) is 0 Å². The summed E-state index contributed by atoms with van der Waals surface area (Å²) in [4.78, 5) is 40.8. The largest absolute Gasteiger partial charge is 0.463 e. The third-order valence-electron chi connectivity index (χ3n) is 12.5. The minimum absolute atomic E-state index is 0.114. The third kappa shape index (κ3) is 11.7. The molecule has 0 radical (unpaired) electrons. The summed E-state index contributed by atoms with van der Waals surface area (Å²) in [6, 6.07) is 8.60. The van der Waals surface area contributed by atoms with Crippen molar-refractivity contribution >= 4 is 29.0 Å². The number of cyclic esters (lactones) is 1. The zero-order valence-electron chi connectivity index (χ0n) is 37.5. The number of esters is 2. The van der Waals surface area contributed by atoms with Gasteiger partial charge in [-0.2, -0.15) is 10.2 Å². The molecule has 0 aliphatic carbocycles. The summed E-state index contributed by atoms with van der Waals surface area (Å²) in [7, 11) is 5.21. The topological polar surface area (TPSA) is 225 Å². The predicted octanol–water partition coefficient (Wildman–Crippen LogP) is 5.11. The molecule has 3 heterocycles. The summed E-state index contributed by atoms with van der Waals surface area (Å²) >= 11 is 0. The van der Waals surface area contributed by atoms with Gasteiger partial charge < -0.3 is 48.3 Å². The summed E-state index contributed by atoms with van der Waals surface area (Å²) in [5.74, 6) is -4.51. The molecule has 0 bridgehead atoms. The van der Waals surface area contributed by atoms with Gasteiger partial charge in [-0.3, -0.25) is 19.7 Å². The SMILES string of the molecule is CC[C@H]1OC(=O)[C@H](C)[C@@H](OC(=O)Cc2ccc([N+](=O)[O-])cc2)[C@H](C)[C@@H](OC2OC(C)CC(N(C)C)C2O)[C@](C)(OC)C[C@@H](C)/C(=N\N=C(/C)c2ccco2)[C@H](C)[C@@H](O)[C@]1(C)O. The Kier molecular flexibility index (Phi) is 16.9. The number of hydrogen-bond donors (Lipinski definition) is 3. The summed E-state index contributed by atoms with van der Waals surface area (Å²) in [6.45, 7) is 15.4. The molecule has 17 nitrogen and oxygen atoms in total. The van der Waals surface area contributed by atoms with E-state index in [4.69, 9.17) is 28.1 Å². The van der Waals surface area contributed by atoms with Crippen molar-refractivity contribution in [2.75, 3.05) is 21.2 Å². The summed E-state index contributed by atoms with van der Waals surface area (Å²) < 4.78 is 37.3. The van der Waals surface area contributed by atoms with Gasteiger partial charge in [-0.15, -0.1) is 0 Å². The number of methoxy groups -OCH3 is 1. The van der Waals surface area contributed by atoms with Gasteiger partial charge in [0.05, 0.1) is 47.4 Å².